The molecule has 3 N–H and O–H groups in total. The molecule has 0 bridgehead atoms. The number of nitrogens with two attached hydrogens (primary N) is 1. The van der Waals surface area contributed by atoms with Crippen LogP contribution in [-0.4, -0.2) is 46.8 Å². The summed E-state index contributed by atoms with van der Waals surface area (Å²) >= 11 is 0. The highest BCUT2D eigenvalue weighted by molar-refractivity contribution is 5.91. The molecule has 0 radical (unpaired) electrons. The van der Waals surface area contributed by atoms with E-state index in [0.717, 1.165) is 24.5 Å². The summed E-state index contributed by atoms with van der Waals surface area (Å²) < 4.78 is 0. The third-order valence-electron chi connectivity index (χ3n) is 5.80. The van der Waals surface area contributed by atoms with Crippen molar-refractivity contribution in [2.24, 2.45) is 5.41 Å². The lowest BCUT2D eigenvalue weighted by atomic mass is 9.97. The average Bonchev–Trinajstić information content (AvgIpc) is 3.20. The Balaban J connectivity index is 1.55. The molecule has 1 aromatic heterocycles. The number of Topliss-reactive ketones (excluding diaryl/α,β-unsaturated/α-hetero) is 1. The SMILES string of the molecule is CC(C)(C)CNc1nc(N)c2c(n1)N(Cc1cccc(CN3CCCC3)c1)CC(=O)C2. The summed E-state index contributed by atoms with van der Waals surface area (Å²) in [5, 5.41) is 3.30. The molecule has 3 heterocycles. The molecule has 1 aromatic carbocycles. The van der Waals surface area contributed by atoms with Crippen LogP contribution in [0.1, 0.15) is 50.3 Å². The van der Waals surface area contributed by atoms with E-state index in [0.29, 0.717) is 31.3 Å². The van der Waals surface area contributed by atoms with Crippen LogP contribution in [0.15, 0.2) is 24.3 Å². The average molecular weight is 423 g/mol. The number of rotatable bonds is 6. The summed E-state index contributed by atoms with van der Waals surface area (Å²) in [4.78, 5) is 26.1. The Morgan fingerprint density at radius 2 is 1.81 bits per heavy atom. The van der Waals surface area contributed by atoms with Crippen molar-refractivity contribution in [1.82, 2.24) is 14.9 Å². The maximum Gasteiger partial charge on any atom is 0.226 e. The molecule has 2 aromatic rings. The largest absolute Gasteiger partial charge is 0.383 e. The second-order valence-corrected chi connectivity index (χ2v) is 10.0. The third-order valence-corrected chi connectivity index (χ3v) is 5.80. The summed E-state index contributed by atoms with van der Waals surface area (Å²) in [7, 11) is 0. The van der Waals surface area contributed by atoms with Gasteiger partial charge in [-0.2, -0.15) is 9.97 Å². The van der Waals surface area contributed by atoms with Crippen molar-refractivity contribution in [3.63, 3.8) is 0 Å². The van der Waals surface area contributed by atoms with E-state index in [1.807, 2.05) is 4.90 Å². The Labute approximate surface area is 185 Å². The lowest BCUT2D eigenvalue weighted by molar-refractivity contribution is -0.117. The van der Waals surface area contributed by atoms with Crippen molar-refractivity contribution in [1.29, 1.82) is 0 Å². The fourth-order valence-electron chi connectivity index (χ4n) is 4.26. The van der Waals surface area contributed by atoms with E-state index >= 15 is 0 Å². The number of carbonyl (C=O) groups is 1. The summed E-state index contributed by atoms with van der Waals surface area (Å²) in [6.45, 7) is 11.5. The molecule has 1 fully saturated rings. The van der Waals surface area contributed by atoms with E-state index in [1.165, 1.54) is 37.1 Å². The van der Waals surface area contributed by atoms with Gasteiger partial charge in [-0.25, -0.2) is 0 Å². The van der Waals surface area contributed by atoms with Gasteiger partial charge in [0.2, 0.25) is 5.95 Å². The number of anilines is 3. The number of carbonyl (C=O) groups excluding carboxylic acids is 1. The highest BCUT2D eigenvalue weighted by Gasteiger charge is 2.27. The predicted molar refractivity (Wildman–Crippen MR) is 125 cm³/mol. The molecule has 0 aliphatic carbocycles. The minimum absolute atomic E-state index is 0.0967. The molecule has 0 spiro atoms. The molecule has 0 saturated carbocycles. The first kappa shape index (κ1) is 21.6. The molecule has 0 unspecified atom stereocenters. The van der Waals surface area contributed by atoms with E-state index in [2.05, 4.69) is 60.2 Å². The Morgan fingerprint density at radius 3 is 2.52 bits per heavy atom. The Bertz CT molecular complexity index is 946. The van der Waals surface area contributed by atoms with Gasteiger partial charge in [0.1, 0.15) is 11.6 Å². The van der Waals surface area contributed by atoms with Crippen LogP contribution < -0.4 is 16.0 Å². The topological polar surface area (TPSA) is 87.4 Å². The fraction of sp³-hybridized carbons (Fsp3) is 0.542. The lowest BCUT2D eigenvalue weighted by Gasteiger charge is -2.30. The highest BCUT2D eigenvalue weighted by Crippen LogP contribution is 2.30. The number of nitrogens with zero attached hydrogens (tertiary/aromatic N) is 4. The second kappa shape index (κ2) is 8.83. The number of nitrogen functional groups attached to an aromatic ring is 1. The number of aromatic nitrogens is 2. The number of ketones is 1. The van der Waals surface area contributed by atoms with E-state index in [4.69, 9.17) is 10.7 Å². The first-order valence-electron chi connectivity index (χ1n) is 11.2. The van der Waals surface area contributed by atoms with Crippen LogP contribution in [0.3, 0.4) is 0 Å². The second-order valence-electron chi connectivity index (χ2n) is 10.0. The van der Waals surface area contributed by atoms with Gasteiger partial charge in [0.15, 0.2) is 5.78 Å². The summed E-state index contributed by atoms with van der Waals surface area (Å²) in [5.41, 5.74) is 9.57. The first-order chi connectivity index (χ1) is 14.8. The number of benzene rings is 1. The molecule has 7 heteroatoms. The van der Waals surface area contributed by atoms with Gasteiger partial charge in [0.05, 0.1) is 6.54 Å². The molecule has 4 rings (SSSR count). The van der Waals surface area contributed by atoms with Crippen LogP contribution in [-0.2, 0) is 24.3 Å². The fourth-order valence-corrected chi connectivity index (χ4v) is 4.26. The van der Waals surface area contributed by atoms with Gasteiger partial charge < -0.3 is 16.0 Å². The zero-order valence-corrected chi connectivity index (χ0v) is 18.9. The van der Waals surface area contributed by atoms with Crippen LogP contribution >= 0.6 is 0 Å². The number of likely N-dealkylation sites (tertiary alicyclic amines) is 1. The molecule has 2 aliphatic rings. The van der Waals surface area contributed by atoms with E-state index < -0.39 is 0 Å². The Kier molecular flexibility index (Phi) is 6.14. The van der Waals surface area contributed by atoms with Gasteiger partial charge in [0, 0.05) is 31.6 Å². The molecule has 7 nitrogen and oxygen atoms in total. The van der Waals surface area contributed by atoms with Gasteiger partial charge in [-0.3, -0.25) is 9.69 Å². The Hall–Kier alpha value is -2.67. The normalized spacial score (nSPS) is 17.1. The molecule has 166 valence electrons. The minimum Gasteiger partial charge on any atom is -0.383 e. The molecule has 1 saturated heterocycles. The van der Waals surface area contributed by atoms with E-state index in [9.17, 15) is 4.79 Å². The number of hydrogen-bond acceptors (Lipinski definition) is 7. The highest BCUT2D eigenvalue weighted by atomic mass is 16.1. The maximum absolute atomic E-state index is 12.4. The summed E-state index contributed by atoms with van der Waals surface area (Å²) in [6, 6.07) is 8.67. The summed E-state index contributed by atoms with van der Waals surface area (Å²) in [5.74, 6) is 1.83. The van der Waals surface area contributed by atoms with Crippen molar-refractivity contribution in [3.05, 3.63) is 41.0 Å². The molecule has 2 aliphatic heterocycles. The monoisotopic (exact) mass is 422 g/mol. The van der Waals surface area contributed by atoms with E-state index in [1.54, 1.807) is 0 Å². The number of hydrogen-bond donors (Lipinski definition) is 2. The number of fused-ring (bicyclic) bond motifs is 1. The van der Waals surface area contributed by atoms with Crippen molar-refractivity contribution in [3.8, 4) is 0 Å². The summed E-state index contributed by atoms with van der Waals surface area (Å²) in [6.07, 6.45) is 2.88. The molecule has 0 atom stereocenters. The van der Waals surface area contributed by atoms with Crippen molar-refractivity contribution < 1.29 is 4.79 Å². The van der Waals surface area contributed by atoms with E-state index in [-0.39, 0.29) is 11.2 Å². The van der Waals surface area contributed by atoms with Gasteiger partial charge in [-0.15, -0.1) is 0 Å². The molecular formula is C24H34N6O. The molecular weight excluding hydrogens is 388 g/mol. The van der Waals surface area contributed by atoms with Crippen molar-refractivity contribution in [2.75, 3.05) is 42.1 Å². The molecule has 31 heavy (non-hydrogen) atoms. The quantitative estimate of drug-likeness (QED) is 0.739. The predicted octanol–water partition coefficient (Wildman–Crippen LogP) is 3.24. The van der Waals surface area contributed by atoms with Gasteiger partial charge >= 0.3 is 0 Å². The van der Waals surface area contributed by atoms with Crippen molar-refractivity contribution in [2.45, 2.75) is 53.1 Å². The Morgan fingerprint density at radius 1 is 1.10 bits per heavy atom. The van der Waals surface area contributed by atoms with Gasteiger partial charge in [0.25, 0.3) is 0 Å². The third kappa shape index (κ3) is 5.53. The van der Waals surface area contributed by atoms with Crippen LogP contribution in [0.25, 0.3) is 0 Å². The standard InChI is InChI=1S/C24H34N6O/c1-24(2,3)16-26-23-27-21(25)20-12-19(31)15-30(22(20)28-23)14-18-8-6-7-17(11-18)13-29-9-4-5-10-29/h6-8,11H,4-5,9-10,12-16H2,1-3H3,(H3,25,26,27,28). The lowest BCUT2D eigenvalue weighted by Crippen LogP contribution is -2.37. The van der Waals surface area contributed by atoms with Crippen LogP contribution in [0.2, 0.25) is 0 Å². The van der Waals surface area contributed by atoms with Crippen molar-refractivity contribution >= 4 is 23.4 Å². The smallest absolute Gasteiger partial charge is 0.226 e. The first-order valence-corrected chi connectivity index (χ1v) is 11.2. The maximum atomic E-state index is 12.4. The van der Waals surface area contributed by atoms with Gasteiger partial charge in [-0.1, -0.05) is 45.0 Å². The molecule has 0 amide bonds. The van der Waals surface area contributed by atoms with Gasteiger partial charge in [-0.05, 0) is 42.5 Å². The zero-order valence-electron chi connectivity index (χ0n) is 18.9. The van der Waals surface area contributed by atoms with Crippen LogP contribution in [0.5, 0.6) is 0 Å². The minimum atomic E-state index is 0.0967. The zero-order chi connectivity index (χ0) is 22.0. The van der Waals surface area contributed by atoms with Crippen LogP contribution in [0.4, 0.5) is 17.6 Å². The number of nitrogens with one attached hydrogen (secondary N) is 1. The van der Waals surface area contributed by atoms with Crippen LogP contribution in [0, 0.1) is 5.41 Å².